The second-order valence-corrected chi connectivity index (χ2v) is 5.21. The van der Waals surface area contributed by atoms with Gasteiger partial charge in [0.15, 0.2) is 11.5 Å². The average molecular weight is 294 g/mol. The minimum absolute atomic E-state index is 0.0521. The lowest BCUT2D eigenvalue weighted by molar-refractivity contribution is 0.0691. The Kier molecular flexibility index (Phi) is 5.89. The monoisotopic (exact) mass is 294 g/mol. The molecule has 0 bridgehead atoms. The Labute approximate surface area is 124 Å². The van der Waals surface area contributed by atoms with Crippen molar-refractivity contribution in [2.45, 2.75) is 31.7 Å². The van der Waals surface area contributed by atoms with Gasteiger partial charge in [-0.1, -0.05) is 6.42 Å². The summed E-state index contributed by atoms with van der Waals surface area (Å²) in [6, 6.07) is 0.268. The fourth-order valence-corrected chi connectivity index (χ4v) is 2.67. The predicted molar refractivity (Wildman–Crippen MR) is 78.4 cm³/mol. The summed E-state index contributed by atoms with van der Waals surface area (Å²) in [6.45, 7) is 2.76. The quantitative estimate of drug-likeness (QED) is 0.640. The number of hydrogen-bond acceptors (Lipinski definition) is 6. The van der Waals surface area contributed by atoms with Crippen LogP contribution >= 0.6 is 0 Å². The summed E-state index contributed by atoms with van der Waals surface area (Å²) in [6.07, 6.45) is 7.12. The van der Waals surface area contributed by atoms with Crippen molar-refractivity contribution in [2.75, 3.05) is 31.6 Å². The highest BCUT2D eigenvalue weighted by Crippen LogP contribution is 2.16. The van der Waals surface area contributed by atoms with Gasteiger partial charge in [-0.15, -0.1) is 0 Å². The van der Waals surface area contributed by atoms with E-state index in [0.717, 1.165) is 25.9 Å². The van der Waals surface area contributed by atoms with E-state index in [9.17, 15) is 9.90 Å². The van der Waals surface area contributed by atoms with Crippen molar-refractivity contribution in [1.29, 1.82) is 0 Å². The molecule has 1 aromatic heterocycles. The largest absolute Gasteiger partial charge is 0.476 e. The standard InChI is InChI=1S/C14H22N4O3/c19-10-11-4-1-2-8-18(11)9-3-5-16-13-12(14(20)21)15-6-7-17-13/h6-7,11,19H,1-5,8-10H2,(H,16,17)(H,20,21). The van der Waals surface area contributed by atoms with Crippen LogP contribution < -0.4 is 5.32 Å². The maximum atomic E-state index is 11.0. The van der Waals surface area contributed by atoms with Crippen molar-refractivity contribution >= 4 is 11.8 Å². The molecular weight excluding hydrogens is 272 g/mol. The molecule has 7 nitrogen and oxygen atoms in total. The normalized spacial score (nSPS) is 19.4. The molecule has 1 unspecified atom stereocenters. The summed E-state index contributed by atoms with van der Waals surface area (Å²) >= 11 is 0. The van der Waals surface area contributed by atoms with Crippen LogP contribution in [0.1, 0.15) is 36.2 Å². The fraction of sp³-hybridized carbons (Fsp3) is 0.643. The number of carboxylic acid groups (broad SMARTS) is 1. The van der Waals surface area contributed by atoms with Gasteiger partial charge in [0.1, 0.15) is 0 Å². The van der Waals surface area contributed by atoms with Crippen molar-refractivity contribution in [2.24, 2.45) is 0 Å². The molecule has 21 heavy (non-hydrogen) atoms. The third kappa shape index (κ3) is 4.37. The molecule has 0 saturated carbocycles. The second-order valence-electron chi connectivity index (χ2n) is 5.21. The zero-order chi connectivity index (χ0) is 15.1. The molecule has 2 rings (SSSR count). The third-order valence-electron chi connectivity index (χ3n) is 3.78. The highest BCUT2D eigenvalue weighted by molar-refractivity contribution is 5.90. The van der Waals surface area contributed by atoms with Crippen molar-refractivity contribution in [3.8, 4) is 0 Å². The van der Waals surface area contributed by atoms with Crippen LogP contribution in [-0.2, 0) is 0 Å². The van der Waals surface area contributed by atoms with E-state index in [-0.39, 0.29) is 18.3 Å². The summed E-state index contributed by atoms with van der Waals surface area (Å²) in [5, 5.41) is 21.4. The van der Waals surface area contributed by atoms with E-state index in [4.69, 9.17) is 5.11 Å². The van der Waals surface area contributed by atoms with Gasteiger partial charge in [-0.25, -0.2) is 14.8 Å². The van der Waals surface area contributed by atoms with Gasteiger partial charge < -0.3 is 15.5 Å². The van der Waals surface area contributed by atoms with Gasteiger partial charge in [-0.05, 0) is 25.8 Å². The first kappa shape index (κ1) is 15.7. The molecule has 1 fully saturated rings. The average Bonchev–Trinajstić information content (AvgIpc) is 2.52. The molecule has 0 spiro atoms. The number of rotatable bonds is 7. The van der Waals surface area contributed by atoms with Crippen LogP contribution in [0.3, 0.4) is 0 Å². The molecule has 0 radical (unpaired) electrons. The molecule has 1 aliphatic rings. The number of nitrogens with one attached hydrogen (secondary N) is 1. The number of aromatic carboxylic acids is 1. The Balaban J connectivity index is 1.78. The summed E-state index contributed by atoms with van der Waals surface area (Å²) in [5.41, 5.74) is -0.0521. The Morgan fingerprint density at radius 1 is 1.38 bits per heavy atom. The number of aliphatic hydroxyl groups excluding tert-OH is 1. The highest BCUT2D eigenvalue weighted by Gasteiger charge is 2.20. The highest BCUT2D eigenvalue weighted by atomic mass is 16.4. The van der Waals surface area contributed by atoms with E-state index < -0.39 is 5.97 Å². The van der Waals surface area contributed by atoms with Crippen LogP contribution in [0.2, 0.25) is 0 Å². The van der Waals surface area contributed by atoms with Gasteiger partial charge in [0, 0.05) is 31.5 Å². The molecule has 0 aromatic carbocycles. The van der Waals surface area contributed by atoms with E-state index in [0.29, 0.717) is 12.4 Å². The molecule has 1 atom stereocenters. The predicted octanol–water partition coefficient (Wildman–Crippen LogP) is 0.824. The lowest BCUT2D eigenvalue weighted by Crippen LogP contribution is -2.42. The maximum Gasteiger partial charge on any atom is 0.358 e. The van der Waals surface area contributed by atoms with E-state index in [1.54, 1.807) is 0 Å². The number of aromatic nitrogens is 2. The number of carboxylic acids is 1. The van der Waals surface area contributed by atoms with Crippen molar-refractivity contribution < 1.29 is 15.0 Å². The number of anilines is 1. The van der Waals surface area contributed by atoms with Gasteiger partial charge in [0.25, 0.3) is 0 Å². The van der Waals surface area contributed by atoms with Gasteiger partial charge >= 0.3 is 5.97 Å². The van der Waals surface area contributed by atoms with E-state index >= 15 is 0 Å². The van der Waals surface area contributed by atoms with Gasteiger partial charge in [0.2, 0.25) is 0 Å². The molecule has 0 amide bonds. The number of hydrogen-bond donors (Lipinski definition) is 3. The summed E-state index contributed by atoms with van der Waals surface area (Å²) in [5.74, 6) is -0.774. The number of likely N-dealkylation sites (tertiary alicyclic amines) is 1. The lowest BCUT2D eigenvalue weighted by Gasteiger charge is -2.34. The molecule has 1 aromatic rings. The zero-order valence-electron chi connectivity index (χ0n) is 12.0. The Morgan fingerprint density at radius 3 is 2.95 bits per heavy atom. The Morgan fingerprint density at radius 2 is 2.19 bits per heavy atom. The first-order chi connectivity index (χ1) is 10.2. The van der Waals surface area contributed by atoms with E-state index in [1.165, 1.54) is 25.2 Å². The molecule has 116 valence electrons. The first-order valence-corrected chi connectivity index (χ1v) is 7.35. The van der Waals surface area contributed by atoms with Crippen LogP contribution in [0.4, 0.5) is 5.82 Å². The van der Waals surface area contributed by atoms with Crippen molar-refractivity contribution in [1.82, 2.24) is 14.9 Å². The smallest absolute Gasteiger partial charge is 0.358 e. The number of aliphatic hydroxyl groups is 1. The first-order valence-electron chi connectivity index (χ1n) is 7.35. The molecule has 0 aliphatic carbocycles. The van der Waals surface area contributed by atoms with Crippen LogP contribution in [0.25, 0.3) is 0 Å². The fourth-order valence-electron chi connectivity index (χ4n) is 2.67. The van der Waals surface area contributed by atoms with Crippen LogP contribution in [0.15, 0.2) is 12.4 Å². The van der Waals surface area contributed by atoms with Crippen LogP contribution in [0, 0.1) is 0 Å². The van der Waals surface area contributed by atoms with Gasteiger partial charge in [-0.3, -0.25) is 4.90 Å². The second kappa shape index (κ2) is 7.90. The minimum Gasteiger partial charge on any atom is -0.476 e. The number of piperidine rings is 1. The minimum atomic E-state index is -1.08. The summed E-state index contributed by atoms with van der Waals surface area (Å²) in [7, 11) is 0. The molecular formula is C14H22N4O3. The van der Waals surface area contributed by atoms with E-state index in [2.05, 4.69) is 20.2 Å². The van der Waals surface area contributed by atoms with Crippen molar-refractivity contribution in [3.05, 3.63) is 18.1 Å². The van der Waals surface area contributed by atoms with Gasteiger partial charge in [0.05, 0.1) is 6.61 Å². The third-order valence-corrected chi connectivity index (χ3v) is 3.78. The SMILES string of the molecule is O=C(O)c1nccnc1NCCCN1CCCCC1CO. The molecule has 3 N–H and O–H groups in total. The zero-order valence-corrected chi connectivity index (χ0v) is 12.0. The van der Waals surface area contributed by atoms with Gasteiger partial charge in [-0.2, -0.15) is 0 Å². The summed E-state index contributed by atoms with van der Waals surface area (Å²) in [4.78, 5) is 21.1. The maximum absolute atomic E-state index is 11.0. The van der Waals surface area contributed by atoms with Crippen molar-refractivity contribution in [3.63, 3.8) is 0 Å². The number of carbonyl (C=O) groups is 1. The molecule has 1 aliphatic heterocycles. The van der Waals surface area contributed by atoms with Crippen LogP contribution in [0.5, 0.6) is 0 Å². The Bertz CT molecular complexity index is 469. The molecule has 1 saturated heterocycles. The Hall–Kier alpha value is -1.73. The van der Waals surface area contributed by atoms with Crippen LogP contribution in [-0.4, -0.2) is 63.3 Å². The number of nitrogens with zero attached hydrogens (tertiary/aromatic N) is 3. The molecule has 7 heteroatoms. The lowest BCUT2D eigenvalue weighted by atomic mass is 10.0. The van der Waals surface area contributed by atoms with E-state index in [1.807, 2.05) is 0 Å². The summed E-state index contributed by atoms with van der Waals surface area (Å²) < 4.78 is 0. The topological polar surface area (TPSA) is 98.6 Å². The molecule has 2 heterocycles.